The zero-order valence-electron chi connectivity index (χ0n) is 36.1. The molecule has 1 aliphatic heterocycles. The second kappa shape index (κ2) is 25.2. The summed E-state index contributed by atoms with van der Waals surface area (Å²) in [7, 11) is 6.89. The third kappa shape index (κ3) is 15.2. The minimum Gasteiger partial charge on any atom is -0.386 e. The largest absolute Gasteiger partial charge is 0.386 e. The Morgan fingerprint density at radius 3 is 1.98 bits per heavy atom. The lowest BCUT2D eigenvalue weighted by molar-refractivity contribution is -0.146. The van der Waals surface area contributed by atoms with Gasteiger partial charge in [-0.05, 0) is 64.0 Å². The summed E-state index contributed by atoms with van der Waals surface area (Å²) in [5, 5.41) is 13.6. The Morgan fingerprint density at radius 1 is 0.981 bits per heavy atom. The number of likely N-dealkylation sites (tertiary alicyclic amines) is 1. The van der Waals surface area contributed by atoms with E-state index in [4.69, 9.17) is 15.2 Å². The first kappa shape index (κ1) is 50.9. The topological polar surface area (TPSA) is 155 Å². The van der Waals surface area contributed by atoms with Crippen molar-refractivity contribution in [2.45, 2.75) is 150 Å². The van der Waals surface area contributed by atoms with Gasteiger partial charge in [0.1, 0.15) is 0 Å². The van der Waals surface area contributed by atoms with Crippen molar-refractivity contribution in [1.82, 2.24) is 20.0 Å². The van der Waals surface area contributed by atoms with E-state index in [1.165, 1.54) is 6.08 Å². The number of hydrogen-bond acceptors (Lipinski definition) is 8. The van der Waals surface area contributed by atoms with Gasteiger partial charge in [-0.15, -0.1) is 0 Å². The van der Waals surface area contributed by atoms with E-state index < -0.39 is 30.3 Å². The predicted octanol–water partition coefficient (Wildman–Crippen LogP) is 4.95. The molecule has 1 aliphatic rings. The number of nitrogens with zero attached hydrogens (tertiary/aromatic N) is 3. The fourth-order valence-corrected chi connectivity index (χ4v) is 7.29. The molecule has 1 rings (SSSR count). The minimum absolute atomic E-state index is 0.0441. The van der Waals surface area contributed by atoms with Crippen molar-refractivity contribution in [3.63, 3.8) is 0 Å². The van der Waals surface area contributed by atoms with Crippen LogP contribution in [0.4, 0.5) is 0 Å². The quantitative estimate of drug-likeness (QED) is 0.131. The van der Waals surface area contributed by atoms with Crippen molar-refractivity contribution in [3.8, 4) is 0 Å². The number of carbonyl (C=O) groups excluding carboxylic acids is 4. The molecule has 312 valence electrons. The van der Waals surface area contributed by atoms with Crippen molar-refractivity contribution >= 4 is 23.6 Å². The number of likely N-dealkylation sites (N-methyl/N-ethyl adjacent to an activating group) is 2. The summed E-state index contributed by atoms with van der Waals surface area (Å²) in [6.07, 6.45) is 5.71. The lowest BCUT2D eigenvalue weighted by Gasteiger charge is -2.39. The van der Waals surface area contributed by atoms with Crippen molar-refractivity contribution in [2.75, 3.05) is 34.9 Å². The summed E-state index contributed by atoms with van der Waals surface area (Å²) in [4.78, 5) is 56.7. The van der Waals surface area contributed by atoms with E-state index in [9.17, 15) is 24.3 Å². The highest BCUT2D eigenvalue weighted by molar-refractivity contribution is 5.81. The highest BCUT2D eigenvalue weighted by Gasteiger charge is 2.42. The Hall–Kier alpha value is -3.06. The van der Waals surface area contributed by atoms with Crippen LogP contribution in [0.5, 0.6) is 0 Å². The number of methoxy groups -OCH3 is 2. The van der Waals surface area contributed by atoms with Gasteiger partial charge in [-0.3, -0.25) is 24.1 Å². The number of allylic oxidation sites excluding steroid dienone is 2. The number of nitrogens with two attached hydrogens (primary N) is 1. The van der Waals surface area contributed by atoms with Gasteiger partial charge in [0.2, 0.25) is 23.6 Å². The number of nitrogens with one attached hydrogen (secondary N) is 1. The van der Waals surface area contributed by atoms with Crippen LogP contribution in [0.1, 0.15) is 101 Å². The van der Waals surface area contributed by atoms with Crippen molar-refractivity contribution in [2.24, 2.45) is 29.4 Å². The second-order valence-electron chi connectivity index (χ2n) is 15.9. The monoisotopic (exact) mass is 764 g/mol. The van der Waals surface area contributed by atoms with Gasteiger partial charge in [0, 0.05) is 40.3 Å². The molecule has 0 saturated carbocycles. The number of ether oxygens (including phenoxy) is 2. The maximum Gasteiger partial charge on any atom is 0.235 e. The summed E-state index contributed by atoms with van der Waals surface area (Å²) in [5.41, 5.74) is 5.85. The molecule has 1 saturated heterocycles. The number of hydrogen-bond donors (Lipinski definition) is 3. The molecule has 54 heavy (non-hydrogen) atoms. The van der Waals surface area contributed by atoms with Crippen LogP contribution in [0.15, 0.2) is 37.0 Å². The Morgan fingerprint density at radius 2 is 1.57 bits per heavy atom. The first-order valence-electron chi connectivity index (χ1n) is 19.7. The Balaban J connectivity index is 0.00000199. The predicted molar refractivity (Wildman–Crippen MR) is 218 cm³/mol. The number of aliphatic hydroxyl groups is 1. The van der Waals surface area contributed by atoms with Crippen LogP contribution in [0.25, 0.3) is 0 Å². The van der Waals surface area contributed by atoms with Crippen molar-refractivity contribution < 1.29 is 33.8 Å². The minimum atomic E-state index is -0.947. The third-order valence-corrected chi connectivity index (χ3v) is 10.8. The maximum absolute atomic E-state index is 13.8. The fourth-order valence-electron chi connectivity index (χ4n) is 7.29. The number of primary amides is 1. The van der Waals surface area contributed by atoms with Gasteiger partial charge in [0.25, 0.3) is 0 Å². The molecular formula is C42H77N5O7. The molecule has 0 aliphatic carbocycles. The second-order valence-corrected chi connectivity index (χ2v) is 15.9. The van der Waals surface area contributed by atoms with E-state index in [2.05, 4.69) is 46.2 Å². The van der Waals surface area contributed by atoms with Gasteiger partial charge in [-0.1, -0.05) is 86.3 Å². The van der Waals surface area contributed by atoms with Crippen molar-refractivity contribution in [1.29, 1.82) is 0 Å². The van der Waals surface area contributed by atoms with Crippen LogP contribution >= 0.6 is 0 Å². The van der Waals surface area contributed by atoms with Crippen LogP contribution in [-0.2, 0) is 28.7 Å². The molecule has 0 bridgehead atoms. The Kier molecular flexibility index (Phi) is 23.7. The molecule has 1 fully saturated rings. The van der Waals surface area contributed by atoms with Gasteiger partial charge >= 0.3 is 0 Å². The smallest absolute Gasteiger partial charge is 0.235 e. The van der Waals surface area contributed by atoms with Crippen LogP contribution in [0.3, 0.4) is 0 Å². The first-order chi connectivity index (χ1) is 25.2. The van der Waals surface area contributed by atoms with E-state index in [0.29, 0.717) is 31.0 Å². The molecule has 12 heteroatoms. The van der Waals surface area contributed by atoms with E-state index in [1.54, 1.807) is 52.2 Å². The van der Waals surface area contributed by atoms with E-state index in [0.717, 1.165) is 12.8 Å². The zero-order chi connectivity index (χ0) is 42.0. The number of aliphatic hydroxyl groups excluding tert-OH is 1. The molecule has 1 heterocycles. The fraction of sp³-hybridized carbons (Fsp3) is 0.762. The Labute approximate surface area is 327 Å². The normalized spacial score (nSPS) is 19.3. The zero-order valence-corrected chi connectivity index (χ0v) is 36.1. The lowest BCUT2D eigenvalue weighted by Crippen LogP contribution is -2.54. The average molecular weight is 764 g/mol. The summed E-state index contributed by atoms with van der Waals surface area (Å²) in [6.45, 7) is 27.8. The molecule has 0 radical (unpaired) electrons. The molecule has 0 spiro atoms. The maximum atomic E-state index is 13.8. The van der Waals surface area contributed by atoms with Crippen LogP contribution < -0.4 is 11.1 Å². The van der Waals surface area contributed by atoms with Gasteiger partial charge in [-0.2, -0.15) is 0 Å². The molecule has 0 aromatic heterocycles. The number of carbonyl (C=O) groups is 4. The lowest BCUT2D eigenvalue weighted by atomic mass is 9.90. The van der Waals surface area contributed by atoms with E-state index in [-0.39, 0.29) is 65.9 Å². The summed E-state index contributed by atoms with van der Waals surface area (Å²) < 4.78 is 11.7. The van der Waals surface area contributed by atoms with Gasteiger partial charge in [0.15, 0.2) is 0 Å². The van der Waals surface area contributed by atoms with Gasteiger partial charge in [0.05, 0.1) is 54.8 Å². The van der Waals surface area contributed by atoms with Crippen LogP contribution in [-0.4, -0.2) is 127 Å². The Bertz CT molecular complexity index is 1220. The summed E-state index contributed by atoms with van der Waals surface area (Å²) in [6, 6.07) is -0.899. The average Bonchev–Trinajstić information content (AvgIpc) is 3.59. The molecule has 12 nitrogen and oxygen atoms in total. The molecule has 9 atom stereocenters. The highest BCUT2D eigenvalue weighted by atomic mass is 16.5. The third-order valence-electron chi connectivity index (χ3n) is 10.8. The molecule has 0 aromatic rings. The summed E-state index contributed by atoms with van der Waals surface area (Å²) >= 11 is 0. The van der Waals surface area contributed by atoms with E-state index in [1.807, 2.05) is 44.5 Å². The van der Waals surface area contributed by atoms with Crippen LogP contribution in [0.2, 0.25) is 0 Å². The van der Waals surface area contributed by atoms with Gasteiger partial charge < -0.3 is 35.4 Å². The molecule has 4 N–H and O–H groups in total. The van der Waals surface area contributed by atoms with E-state index >= 15 is 0 Å². The number of rotatable bonds is 22. The molecule has 0 aromatic carbocycles. The van der Waals surface area contributed by atoms with Crippen LogP contribution in [0, 0.1) is 23.7 Å². The van der Waals surface area contributed by atoms with Crippen molar-refractivity contribution in [3.05, 3.63) is 37.0 Å². The first-order valence-corrected chi connectivity index (χ1v) is 19.7. The van der Waals surface area contributed by atoms with Gasteiger partial charge in [-0.25, -0.2) is 0 Å². The number of amides is 4. The molecular weight excluding hydrogens is 686 g/mol. The SMILES string of the molecule is C=C/C=C(\C=C)C(O)C(C)NC(=O)C(C)C(OC)C1CCCN1C(=O)CC(OC)C(C(C)CC)N(C)C(=O)CC(C)C.CC(C)C(C(N)=O)N(C)C(C)C. The standard InChI is InChI=1S/C33H57N3O6.C9H20N2O/c1-12-16-25(14-3)31(39)24(8)34-33(40)23(7)32(42-11)26-17-15-18-36(26)29(38)20-27(41-10)30(22(6)13-2)35(9)28(37)19-21(4)5;1-6(2)8(9(10)12)11(5)7(3)4/h12,14,16,21-24,26-27,30-32,39H,1,3,13,15,17-20H2,2,4-11H3,(H,34,40);6-8H,1-5H3,(H2,10,12)/b25-16+;. The molecule has 9 unspecified atom stereocenters. The summed E-state index contributed by atoms with van der Waals surface area (Å²) in [5.74, 6) is -0.482. The highest BCUT2D eigenvalue weighted by Crippen LogP contribution is 2.29. The molecule has 4 amide bonds.